The van der Waals surface area contributed by atoms with Gasteiger partial charge in [-0.25, -0.2) is 0 Å². The normalized spacial score (nSPS) is 20.3. The molecule has 0 bridgehead atoms. The lowest BCUT2D eigenvalue weighted by atomic mass is 10.1. The average molecular weight is 372 g/mol. The maximum atomic E-state index is 11.8. The molecule has 2 rings (SSSR count). The zero-order valence-corrected chi connectivity index (χ0v) is 15.4. The molecule has 0 amide bonds. The molecular formula is C17H25NO4S2. The van der Waals surface area contributed by atoms with Crippen LogP contribution in [0.3, 0.4) is 0 Å². The first kappa shape index (κ1) is 19.6. The number of carboxylic acid groups (broad SMARTS) is 1. The zero-order chi connectivity index (χ0) is 17.0. The van der Waals surface area contributed by atoms with Gasteiger partial charge >= 0.3 is 5.97 Å². The highest BCUT2D eigenvalue weighted by molar-refractivity contribution is 8.00. The van der Waals surface area contributed by atoms with Crippen molar-refractivity contribution >= 4 is 29.5 Å². The Morgan fingerprint density at radius 1 is 1.04 bits per heavy atom. The number of hydrogen-bond donors (Lipinski definition) is 1. The third-order valence-corrected chi connectivity index (χ3v) is 5.57. The van der Waals surface area contributed by atoms with Crippen LogP contribution in [0, 0.1) is 0 Å². The Kier molecular flexibility index (Phi) is 9.60. The highest BCUT2D eigenvalue weighted by Crippen LogP contribution is 2.17. The topological polar surface area (TPSA) is 59.0 Å². The number of ether oxygens (including phenoxy) is 2. The van der Waals surface area contributed by atoms with Crippen LogP contribution in [0.5, 0.6) is 0 Å². The van der Waals surface area contributed by atoms with Gasteiger partial charge in [0.25, 0.3) is 0 Å². The molecule has 24 heavy (non-hydrogen) atoms. The number of benzene rings is 1. The smallest absolute Gasteiger partial charge is 0.321 e. The van der Waals surface area contributed by atoms with Crippen molar-refractivity contribution in [3.8, 4) is 0 Å². The first-order valence-corrected chi connectivity index (χ1v) is 10.4. The predicted octanol–water partition coefficient (Wildman–Crippen LogP) is 2.41. The van der Waals surface area contributed by atoms with Crippen LogP contribution in [-0.4, -0.2) is 71.7 Å². The Bertz CT molecular complexity index is 461. The molecule has 0 spiro atoms. The van der Waals surface area contributed by atoms with E-state index in [1.165, 1.54) is 0 Å². The van der Waals surface area contributed by atoms with Crippen LogP contribution in [0.2, 0.25) is 0 Å². The lowest BCUT2D eigenvalue weighted by molar-refractivity contribution is -0.142. The summed E-state index contributed by atoms with van der Waals surface area (Å²) in [6, 6.07) is 9.30. The van der Waals surface area contributed by atoms with Crippen molar-refractivity contribution in [2.45, 2.75) is 12.5 Å². The fraction of sp³-hybridized carbons (Fsp3) is 0.588. The van der Waals surface area contributed by atoms with Gasteiger partial charge in [0.2, 0.25) is 0 Å². The summed E-state index contributed by atoms with van der Waals surface area (Å²) in [5.41, 5.74) is 1.05. The van der Waals surface area contributed by atoms with E-state index in [9.17, 15) is 9.90 Å². The summed E-state index contributed by atoms with van der Waals surface area (Å²) in [7, 11) is 0. The van der Waals surface area contributed by atoms with Gasteiger partial charge in [-0.3, -0.25) is 9.69 Å². The average Bonchev–Trinajstić information content (AvgIpc) is 2.62. The van der Waals surface area contributed by atoms with Gasteiger partial charge in [0.15, 0.2) is 0 Å². The van der Waals surface area contributed by atoms with Gasteiger partial charge in [-0.05, 0) is 12.0 Å². The Balaban J connectivity index is 1.98. The van der Waals surface area contributed by atoms with Crippen molar-refractivity contribution in [2.75, 3.05) is 49.7 Å². The van der Waals surface area contributed by atoms with Gasteiger partial charge in [-0.15, -0.1) is 23.5 Å². The molecule has 0 saturated carbocycles. The minimum Gasteiger partial charge on any atom is -0.480 e. The van der Waals surface area contributed by atoms with Crippen molar-refractivity contribution in [1.82, 2.24) is 4.90 Å². The van der Waals surface area contributed by atoms with Crippen molar-refractivity contribution in [3.05, 3.63) is 35.9 Å². The molecule has 1 aromatic rings. The number of thioether (sulfide) groups is 2. The van der Waals surface area contributed by atoms with Gasteiger partial charge in [-0.2, -0.15) is 0 Å². The predicted molar refractivity (Wildman–Crippen MR) is 99.7 cm³/mol. The molecule has 5 nitrogen and oxygen atoms in total. The zero-order valence-electron chi connectivity index (χ0n) is 13.8. The molecule has 0 aromatic heterocycles. The van der Waals surface area contributed by atoms with Gasteiger partial charge < -0.3 is 14.6 Å². The first-order valence-electron chi connectivity index (χ1n) is 8.09. The summed E-state index contributed by atoms with van der Waals surface area (Å²) in [6.07, 6.45) is 0.518. The molecule has 1 heterocycles. The molecular weight excluding hydrogens is 346 g/mol. The molecule has 7 heteroatoms. The molecule has 1 aromatic carbocycles. The maximum absolute atomic E-state index is 11.8. The number of rotatable bonds is 4. The lowest BCUT2D eigenvalue weighted by Crippen LogP contribution is -2.42. The van der Waals surface area contributed by atoms with E-state index in [-0.39, 0.29) is 0 Å². The number of carbonyl (C=O) groups is 1. The molecule has 134 valence electrons. The number of hydrogen-bond acceptors (Lipinski definition) is 6. The van der Waals surface area contributed by atoms with E-state index in [2.05, 4.69) is 0 Å². The Hall–Kier alpha value is -0.730. The van der Waals surface area contributed by atoms with Gasteiger partial charge in [0, 0.05) is 23.3 Å². The van der Waals surface area contributed by atoms with E-state index >= 15 is 0 Å². The van der Waals surface area contributed by atoms with Gasteiger partial charge in [0.1, 0.15) is 6.04 Å². The second kappa shape index (κ2) is 11.8. The summed E-state index contributed by atoms with van der Waals surface area (Å²) in [6.45, 7) is 2.60. The second-order valence-corrected chi connectivity index (χ2v) is 7.58. The number of carboxylic acids is 1. The second-order valence-electron chi connectivity index (χ2n) is 5.43. The van der Waals surface area contributed by atoms with E-state index in [1.807, 2.05) is 35.2 Å². The van der Waals surface area contributed by atoms with Crippen LogP contribution in [0.4, 0.5) is 0 Å². The largest absolute Gasteiger partial charge is 0.480 e. The van der Waals surface area contributed by atoms with Crippen LogP contribution in [0.15, 0.2) is 30.3 Å². The molecule has 1 aliphatic rings. The summed E-state index contributed by atoms with van der Waals surface area (Å²) in [5, 5.41) is 9.71. The Morgan fingerprint density at radius 3 is 2.17 bits per heavy atom. The van der Waals surface area contributed by atoms with E-state index < -0.39 is 12.0 Å². The van der Waals surface area contributed by atoms with Gasteiger partial charge in [0.05, 0.1) is 26.4 Å². The van der Waals surface area contributed by atoms with Crippen molar-refractivity contribution in [2.24, 2.45) is 0 Å². The van der Waals surface area contributed by atoms with E-state index in [0.717, 1.165) is 17.1 Å². The van der Waals surface area contributed by atoms with Crippen LogP contribution >= 0.6 is 23.5 Å². The van der Waals surface area contributed by atoms with Crippen molar-refractivity contribution in [1.29, 1.82) is 0 Å². The fourth-order valence-electron chi connectivity index (χ4n) is 2.35. The lowest BCUT2D eigenvalue weighted by Gasteiger charge is -2.28. The fourth-order valence-corrected chi connectivity index (χ4v) is 4.21. The first-order chi connectivity index (χ1) is 11.8. The van der Waals surface area contributed by atoms with Crippen LogP contribution < -0.4 is 0 Å². The van der Waals surface area contributed by atoms with Crippen LogP contribution in [0.25, 0.3) is 0 Å². The minimum atomic E-state index is -0.767. The Morgan fingerprint density at radius 2 is 1.62 bits per heavy atom. The van der Waals surface area contributed by atoms with Crippen LogP contribution in [0.1, 0.15) is 5.56 Å². The summed E-state index contributed by atoms with van der Waals surface area (Å²) in [5.74, 6) is 2.34. The highest BCUT2D eigenvalue weighted by atomic mass is 32.2. The summed E-state index contributed by atoms with van der Waals surface area (Å²) in [4.78, 5) is 13.9. The number of nitrogens with zero attached hydrogens (tertiary/aromatic N) is 1. The third kappa shape index (κ3) is 7.44. The highest BCUT2D eigenvalue weighted by Gasteiger charge is 2.25. The molecule has 1 unspecified atom stereocenters. The molecule has 1 N–H and O–H groups in total. The standard InChI is InChI=1S/C17H25NO4S2/c19-17(20)16(12-15-4-2-1-3-5-15)18-13-23-10-8-21-6-7-22-9-11-24-14-18/h1-5,16H,6-14H2,(H,19,20). The third-order valence-electron chi connectivity index (χ3n) is 3.63. The van der Waals surface area contributed by atoms with E-state index in [1.54, 1.807) is 23.5 Å². The maximum Gasteiger partial charge on any atom is 0.321 e. The van der Waals surface area contributed by atoms with Crippen molar-refractivity contribution in [3.63, 3.8) is 0 Å². The molecule has 1 saturated heterocycles. The monoisotopic (exact) mass is 371 g/mol. The SMILES string of the molecule is O=C(O)C(Cc1ccccc1)N1CSCCOCCOCCSC1. The minimum absolute atomic E-state index is 0.514. The van der Waals surface area contributed by atoms with Gasteiger partial charge in [-0.1, -0.05) is 30.3 Å². The molecule has 1 atom stereocenters. The summed E-state index contributed by atoms with van der Waals surface area (Å²) >= 11 is 3.44. The molecule has 0 aliphatic carbocycles. The van der Waals surface area contributed by atoms with Crippen LogP contribution in [-0.2, 0) is 20.7 Å². The molecule has 1 aliphatic heterocycles. The van der Waals surface area contributed by atoms with E-state index in [0.29, 0.717) is 44.6 Å². The number of aliphatic carboxylic acids is 1. The van der Waals surface area contributed by atoms with Crippen molar-refractivity contribution < 1.29 is 19.4 Å². The molecule has 1 fully saturated rings. The Labute approximate surface area is 152 Å². The van der Waals surface area contributed by atoms with E-state index in [4.69, 9.17) is 9.47 Å². The summed E-state index contributed by atoms with van der Waals surface area (Å²) < 4.78 is 11.0. The quantitative estimate of drug-likeness (QED) is 0.872. The molecule has 0 radical (unpaired) electrons.